The molecular weight excluding hydrogens is 264 g/mol. The van der Waals surface area contributed by atoms with Gasteiger partial charge in [0.1, 0.15) is 11.4 Å². The Labute approximate surface area is 115 Å². The molecule has 8 nitrogen and oxygen atoms in total. The van der Waals surface area contributed by atoms with E-state index in [9.17, 15) is 9.59 Å². The summed E-state index contributed by atoms with van der Waals surface area (Å²) in [7, 11) is 0. The molecule has 0 fully saturated rings. The molecule has 0 saturated carbocycles. The Hall–Kier alpha value is -2.73. The van der Waals surface area contributed by atoms with Gasteiger partial charge in [-0.05, 0) is 37.1 Å². The van der Waals surface area contributed by atoms with Gasteiger partial charge in [-0.1, -0.05) is 5.11 Å². The van der Waals surface area contributed by atoms with E-state index in [1.807, 2.05) is 0 Å². The first-order chi connectivity index (χ1) is 9.62. The molecular formula is C12H14N4O4. The number of azide groups is 1. The molecule has 1 rings (SSSR count). The lowest BCUT2D eigenvalue weighted by molar-refractivity contribution is -0.138. The lowest BCUT2D eigenvalue weighted by Crippen LogP contribution is -2.05. The Morgan fingerprint density at radius 1 is 1.40 bits per heavy atom. The number of hydrogen-bond donors (Lipinski definition) is 1. The number of H-pyrrole nitrogens is 1. The number of carbonyl (C=O) groups is 2. The van der Waals surface area contributed by atoms with E-state index in [1.54, 1.807) is 13.8 Å². The van der Waals surface area contributed by atoms with Crippen molar-refractivity contribution in [2.75, 3.05) is 13.2 Å². The number of aromatic amines is 1. The molecule has 0 spiro atoms. The Morgan fingerprint density at radius 2 is 2.10 bits per heavy atom. The Bertz CT molecular complexity index is 570. The molecule has 0 radical (unpaired) electrons. The second kappa shape index (κ2) is 7.65. The van der Waals surface area contributed by atoms with Crippen molar-refractivity contribution in [3.63, 3.8) is 0 Å². The monoisotopic (exact) mass is 278 g/mol. The molecule has 0 aliphatic carbocycles. The van der Waals surface area contributed by atoms with Crippen molar-refractivity contribution in [2.45, 2.75) is 13.8 Å². The number of ether oxygens (including phenoxy) is 2. The van der Waals surface area contributed by atoms with Crippen LogP contribution in [-0.2, 0) is 14.3 Å². The minimum atomic E-state index is -0.732. The second-order valence-electron chi connectivity index (χ2n) is 3.51. The molecule has 0 unspecified atom stereocenters. The zero-order valence-corrected chi connectivity index (χ0v) is 11.1. The van der Waals surface area contributed by atoms with Gasteiger partial charge in [-0.15, -0.1) is 0 Å². The van der Waals surface area contributed by atoms with Crippen LogP contribution in [0.15, 0.2) is 23.1 Å². The minimum absolute atomic E-state index is 0.165. The van der Waals surface area contributed by atoms with Crippen LogP contribution in [0.5, 0.6) is 0 Å². The molecule has 0 saturated heterocycles. The van der Waals surface area contributed by atoms with Crippen molar-refractivity contribution < 1.29 is 19.1 Å². The van der Waals surface area contributed by atoms with E-state index in [0.717, 1.165) is 0 Å². The van der Waals surface area contributed by atoms with Crippen LogP contribution >= 0.6 is 0 Å². The van der Waals surface area contributed by atoms with Crippen molar-refractivity contribution >= 4 is 18.0 Å². The number of rotatable bonds is 6. The molecule has 0 bridgehead atoms. The predicted molar refractivity (Wildman–Crippen MR) is 70.5 cm³/mol. The number of hydrogen-bond acceptors (Lipinski definition) is 5. The maximum absolute atomic E-state index is 11.5. The molecule has 106 valence electrons. The molecule has 0 aromatic carbocycles. The van der Waals surface area contributed by atoms with Crippen LogP contribution in [-0.4, -0.2) is 30.1 Å². The summed E-state index contributed by atoms with van der Waals surface area (Å²) < 4.78 is 9.56. The third kappa shape index (κ3) is 4.18. The summed E-state index contributed by atoms with van der Waals surface area (Å²) in [6.45, 7) is 3.76. The van der Waals surface area contributed by atoms with Gasteiger partial charge in [0.25, 0.3) is 0 Å². The average Bonchev–Trinajstić information content (AvgIpc) is 2.87. The zero-order valence-electron chi connectivity index (χ0n) is 11.1. The van der Waals surface area contributed by atoms with Crippen LogP contribution in [0.2, 0.25) is 0 Å². The average molecular weight is 278 g/mol. The van der Waals surface area contributed by atoms with E-state index in [4.69, 9.17) is 15.0 Å². The molecule has 1 aromatic heterocycles. The van der Waals surface area contributed by atoms with Gasteiger partial charge >= 0.3 is 11.9 Å². The number of esters is 2. The summed E-state index contributed by atoms with van der Waals surface area (Å²) in [5.74, 6) is -1.24. The molecule has 1 N–H and O–H groups in total. The fourth-order valence-corrected chi connectivity index (χ4v) is 1.36. The van der Waals surface area contributed by atoms with Crippen molar-refractivity contribution in [3.05, 3.63) is 39.7 Å². The second-order valence-corrected chi connectivity index (χ2v) is 3.51. The maximum Gasteiger partial charge on any atom is 0.354 e. The molecule has 0 aliphatic heterocycles. The summed E-state index contributed by atoms with van der Waals surface area (Å²) in [4.78, 5) is 28.2. The molecule has 0 aliphatic rings. The van der Waals surface area contributed by atoms with Crippen LogP contribution < -0.4 is 0 Å². The minimum Gasteiger partial charge on any atom is -0.462 e. The zero-order chi connectivity index (χ0) is 15.0. The van der Waals surface area contributed by atoms with Crippen molar-refractivity contribution in [1.82, 2.24) is 4.98 Å². The number of nitrogens with one attached hydrogen (secondary N) is 1. The van der Waals surface area contributed by atoms with Crippen LogP contribution in [0.1, 0.15) is 29.9 Å². The van der Waals surface area contributed by atoms with Gasteiger partial charge in [0.05, 0.1) is 13.2 Å². The fourth-order valence-electron chi connectivity index (χ4n) is 1.36. The number of carbonyl (C=O) groups excluding carboxylic acids is 2. The molecule has 1 heterocycles. The Morgan fingerprint density at radius 3 is 2.70 bits per heavy atom. The highest BCUT2D eigenvalue weighted by Gasteiger charge is 2.11. The SMILES string of the molecule is CCOC(=O)/C(=C/c1c[nH]c(C(=O)OCC)c1)N=[N+]=[N-]. The number of nitrogens with zero attached hydrogens (tertiary/aromatic N) is 3. The maximum atomic E-state index is 11.5. The van der Waals surface area contributed by atoms with E-state index >= 15 is 0 Å². The van der Waals surface area contributed by atoms with Crippen LogP contribution in [0.4, 0.5) is 0 Å². The van der Waals surface area contributed by atoms with Gasteiger partial charge in [0.2, 0.25) is 0 Å². The van der Waals surface area contributed by atoms with E-state index in [2.05, 4.69) is 15.0 Å². The first-order valence-electron chi connectivity index (χ1n) is 5.91. The highest BCUT2D eigenvalue weighted by molar-refractivity contribution is 5.94. The predicted octanol–water partition coefficient (Wildman–Crippen LogP) is 2.41. The van der Waals surface area contributed by atoms with Gasteiger partial charge < -0.3 is 14.5 Å². The van der Waals surface area contributed by atoms with Gasteiger partial charge in [0.15, 0.2) is 0 Å². The van der Waals surface area contributed by atoms with Gasteiger partial charge in [-0.2, -0.15) is 0 Å². The largest absolute Gasteiger partial charge is 0.462 e. The topological polar surface area (TPSA) is 117 Å². The van der Waals surface area contributed by atoms with Crippen molar-refractivity contribution in [1.29, 1.82) is 0 Å². The normalized spacial score (nSPS) is 10.6. The van der Waals surface area contributed by atoms with Gasteiger partial charge in [0, 0.05) is 11.1 Å². The lowest BCUT2D eigenvalue weighted by Gasteiger charge is -2.00. The highest BCUT2D eigenvalue weighted by atomic mass is 16.5. The van der Waals surface area contributed by atoms with Crippen molar-refractivity contribution in [2.24, 2.45) is 5.11 Å². The van der Waals surface area contributed by atoms with E-state index in [-0.39, 0.29) is 24.6 Å². The van der Waals surface area contributed by atoms with Gasteiger partial charge in [-0.25, -0.2) is 9.59 Å². The smallest absolute Gasteiger partial charge is 0.354 e. The van der Waals surface area contributed by atoms with Crippen molar-refractivity contribution in [3.8, 4) is 0 Å². The van der Waals surface area contributed by atoms with E-state index in [1.165, 1.54) is 18.3 Å². The third-order valence-electron chi connectivity index (χ3n) is 2.14. The summed E-state index contributed by atoms with van der Waals surface area (Å²) >= 11 is 0. The first-order valence-corrected chi connectivity index (χ1v) is 5.91. The summed E-state index contributed by atoms with van der Waals surface area (Å²) in [5.41, 5.74) is 8.96. The molecule has 1 aromatic rings. The molecule has 0 amide bonds. The number of aromatic nitrogens is 1. The van der Waals surface area contributed by atoms with Crippen LogP contribution in [0, 0.1) is 0 Å². The van der Waals surface area contributed by atoms with Crippen LogP contribution in [0.25, 0.3) is 16.5 Å². The standard InChI is InChI=1S/C12H14N4O4/c1-3-19-11(17)9-5-8(7-14-9)6-10(15-16-13)12(18)20-4-2/h5-7,14H,3-4H2,1-2H3/b10-6-. The summed E-state index contributed by atoms with van der Waals surface area (Å²) in [5, 5.41) is 3.27. The lowest BCUT2D eigenvalue weighted by atomic mass is 10.2. The Kier molecular flexibility index (Phi) is 5.86. The highest BCUT2D eigenvalue weighted by Crippen LogP contribution is 2.12. The molecule has 8 heteroatoms. The van der Waals surface area contributed by atoms with Crippen LogP contribution in [0.3, 0.4) is 0 Å². The summed E-state index contributed by atoms with van der Waals surface area (Å²) in [6, 6.07) is 1.48. The summed E-state index contributed by atoms with van der Waals surface area (Å²) in [6.07, 6.45) is 2.80. The fraction of sp³-hybridized carbons (Fsp3) is 0.333. The van der Waals surface area contributed by atoms with Gasteiger partial charge in [-0.3, -0.25) is 0 Å². The quantitative estimate of drug-likeness (QED) is 0.282. The molecule has 0 atom stereocenters. The van der Waals surface area contributed by atoms with E-state index < -0.39 is 11.9 Å². The molecule has 20 heavy (non-hydrogen) atoms. The Balaban J connectivity index is 2.97. The van der Waals surface area contributed by atoms with E-state index in [0.29, 0.717) is 5.56 Å². The first kappa shape index (κ1) is 15.3. The third-order valence-corrected chi connectivity index (χ3v) is 2.14.